The van der Waals surface area contributed by atoms with Crippen LogP contribution in [0.2, 0.25) is 10.6 Å². The van der Waals surface area contributed by atoms with Crippen LogP contribution in [0.5, 0.6) is 0 Å². The molecule has 142 valence electrons. The molecule has 0 aliphatic heterocycles. The number of aromatic nitrogens is 6. The molecule has 0 fully saturated rings. The fourth-order valence-corrected chi connectivity index (χ4v) is 3.28. The number of anilines is 2. The van der Waals surface area contributed by atoms with Crippen molar-refractivity contribution in [2.75, 3.05) is 5.32 Å². The minimum absolute atomic E-state index is 0.0302. The van der Waals surface area contributed by atoms with Crippen LogP contribution in [0.3, 0.4) is 0 Å². The lowest BCUT2D eigenvalue weighted by Crippen LogP contribution is -2.08. The van der Waals surface area contributed by atoms with Gasteiger partial charge in [-0.2, -0.15) is 23.4 Å². The molecule has 0 amide bonds. The number of nitrogens with zero attached hydrogens (tertiary/aromatic N) is 6. The van der Waals surface area contributed by atoms with E-state index in [9.17, 15) is 13.0 Å². The second kappa shape index (κ2) is 6.95. The first kappa shape index (κ1) is 18.5. The summed E-state index contributed by atoms with van der Waals surface area (Å²) >= 11 is 11.6. The highest BCUT2D eigenvalue weighted by atomic mass is 35.5. The van der Waals surface area contributed by atoms with E-state index in [2.05, 4.69) is 30.5 Å². The average molecular weight is 438 g/mol. The second-order valence-electron chi connectivity index (χ2n) is 5.45. The molecule has 0 aliphatic carbocycles. The van der Waals surface area contributed by atoms with Crippen molar-refractivity contribution in [1.29, 1.82) is 0 Å². The van der Waals surface area contributed by atoms with Gasteiger partial charge in [0.15, 0.2) is 0 Å². The van der Waals surface area contributed by atoms with E-state index in [-0.39, 0.29) is 27.1 Å². The normalized spacial score (nSPS) is 11.7. The topological polar surface area (TPSA) is 136 Å². The van der Waals surface area contributed by atoms with Crippen molar-refractivity contribution in [3.05, 3.63) is 53.0 Å². The molecule has 4 aromatic rings. The molecular formula is C15H9Cl2N7O3S. The number of rotatable bonds is 4. The highest BCUT2D eigenvalue weighted by molar-refractivity contribution is 7.85. The first-order chi connectivity index (χ1) is 13.3. The zero-order chi connectivity index (χ0) is 19.9. The van der Waals surface area contributed by atoms with Crippen LogP contribution >= 0.6 is 23.2 Å². The summed E-state index contributed by atoms with van der Waals surface area (Å²) in [5.41, 5.74) is 1.75. The van der Waals surface area contributed by atoms with Crippen molar-refractivity contribution in [3.63, 3.8) is 0 Å². The van der Waals surface area contributed by atoms with Crippen LogP contribution in [-0.4, -0.2) is 42.9 Å². The van der Waals surface area contributed by atoms with Crippen LogP contribution in [0.1, 0.15) is 0 Å². The third-order valence-corrected chi connectivity index (χ3v) is 4.78. The maximum Gasteiger partial charge on any atom is 0.294 e. The van der Waals surface area contributed by atoms with E-state index in [1.807, 2.05) is 0 Å². The summed E-state index contributed by atoms with van der Waals surface area (Å²) in [6.45, 7) is 0. The molecule has 0 bridgehead atoms. The molecule has 0 spiro atoms. The molecule has 0 radical (unpaired) electrons. The van der Waals surface area contributed by atoms with Gasteiger partial charge in [-0.05, 0) is 53.5 Å². The van der Waals surface area contributed by atoms with Gasteiger partial charge in [0, 0.05) is 0 Å². The maximum atomic E-state index is 11.6. The molecule has 0 atom stereocenters. The monoisotopic (exact) mass is 437 g/mol. The third kappa shape index (κ3) is 3.73. The van der Waals surface area contributed by atoms with Crippen molar-refractivity contribution < 1.29 is 13.0 Å². The largest absolute Gasteiger partial charge is 0.322 e. The minimum Gasteiger partial charge on any atom is -0.322 e. The molecule has 0 unspecified atom stereocenters. The lowest BCUT2D eigenvalue weighted by Gasteiger charge is -2.11. The van der Waals surface area contributed by atoms with Crippen molar-refractivity contribution in [2.24, 2.45) is 0 Å². The molecule has 13 heteroatoms. The highest BCUT2D eigenvalue weighted by Crippen LogP contribution is 2.27. The van der Waals surface area contributed by atoms with Crippen LogP contribution in [-0.2, 0) is 10.1 Å². The number of nitrogens with one attached hydrogen (secondary N) is 1. The summed E-state index contributed by atoms with van der Waals surface area (Å²) in [5.74, 6) is 0.0302. The fourth-order valence-electron chi connectivity index (χ4n) is 2.41. The van der Waals surface area contributed by atoms with Crippen molar-refractivity contribution >= 4 is 56.0 Å². The van der Waals surface area contributed by atoms with Crippen LogP contribution < -0.4 is 5.32 Å². The molecular weight excluding hydrogens is 429 g/mol. The second-order valence-corrected chi connectivity index (χ2v) is 7.55. The molecule has 2 heterocycles. The smallest absolute Gasteiger partial charge is 0.294 e. The van der Waals surface area contributed by atoms with Gasteiger partial charge in [-0.3, -0.25) is 4.55 Å². The van der Waals surface area contributed by atoms with Crippen molar-refractivity contribution in [2.45, 2.75) is 4.90 Å². The van der Waals surface area contributed by atoms with Crippen LogP contribution in [0.15, 0.2) is 47.4 Å². The Bertz CT molecular complexity index is 1260. The number of hydrogen-bond donors (Lipinski definition) is 2. The Morgan fingerprint density at radius 3 is 2.11 bits per heavy atom. The van der Waals surface area contributed by atoms with Gasteiger partial charge in [-0.15, -0.1) is 15.0 Å². The van der Waals surface area contributed by atoms with E-state index >= 15 is 0 Å². The van der Waals surface area contributed by atoms with Gasteiger partial charge < -0.3 is 5.32 Å². The van der Waals surface area contributed by atoms with Gasteiger partial charge in [0.1, 0.15) is 16.7 Å². The van der Waals surface area contributed by atoms with E-state index in [1.165, 1.54) is 23.0 Å². The summed E-state index contributed by atoms with van der Waals surface area (Å²) in [5, 5.41) is 11.3. The van der Waals surface area contributed by atoms with E-state index in [0.29, 0.717) is 16.7 Å². The maximum absolute atomic E-state index is 11.6. The summed E-state index contributed by atoms with van der Waals surface area (Å²) in [7, 11) is -4.45. The van der Waals surface area contributed by atoms with Gasteiger partial charge in [0.25, 0.3) is 10.1 Å². The first-order valence-corrected chi connectivity index (χ1v) is 9.77. The van der Waals surface area contributed by atoms with E-state index in [0.717, 1.165) is 0 Å². The molecule has 0 saturated heterocycles. The summed E-state index contributed by atoms with van der Waals surface area (Å²) in [4.78, 5) is 12.4. The highest BCUT2D eigenvalue weighted by Gasteiger charge is 2.17. The molecule has 2 aromatic carbocycles. The lowest BCUT2D eigenvalue weighted by molar-refractivity contribution is 0.483. The zero-order valence-electron chi connectivity index (χ0n) is 13.7. The van der Waals surface area contributed by atoms with Gasteiger partial charge in [0.2, 0.25) is 16.5 Å². The van der Waals surface area contributed by atoms with Crippen LogP contribution in [0.4, 0.5) is 11.6 Å². The Balaban J connectivity index is 1.88. The molecule has 4 rings (SSSR count). The number of benzene rings is 2. The molecule has 0 aliphatic rings. The third-order valence-electron chi connectivity index (χ3n) is 3.60. The number of halogens is 2. The summed E-state index contributed by atoms with van der Waals surface area (Å²) in [6, 6.07) is 10.9. The summed E-state index contributed by atoms with van der Waals surface area (Å²) in [6.07, 6.45) is 0. The molecule has 28 heavy (non-hydrogen) atoms. The SMILES string of the molecule is O=S(=O)(O)c1ccc(Nc2nc(Cl)nc(Cl)n2)c(-n2nc3ccccc3n2)c1. The van der Waals surface area contributed by atoms with Gasteiger partial charge >= 0.3 is 0 Å². The Hall–Kier alpha value is -2.86. The van der Waals surface area contributed by atoms with E-state index < -0.39 is 10.1 Å². The number of hydrogen-bond acceptors (Lipinski definition) is 8. The van der Waals surface area contributed by atoms with Crippen molar-refractivity contribution in [3.8, 4) is 5.69 Å². The zero-order valence-corrected chi connectivity index (χ0v) is 16.0. The predicted molar refractivity (Wildman–Crippen MR) is 102 cm³/mol. The number of fused-ring (bicyclic) bond motifs is 1. The Morgan fingerprint density at radius 2 is 1.54 bits per heavy atom. The van der Waals surface area contributed by atoms with Crippen LogP contribution in [0, 0.1) is 0 Å². The quantitative estimate of drug-likeness (QED) is 0.461. The summed E-state index contributed by atoms with van der Waals surface area (Å²) < 4.78 is 32.5. The fraction of sp³-hybridized carbons (Fsp3) is 0. The Morgan fingerprint density at radius 1 is 0.929 bits per heavy atom. The first-order valence-electron chi connectivity index (χ1n) is 7.58. The van der Waals surface area contributed by atoms with E-state index in [4.69, 9.17) is 23.2 Å². The van der Waals surface area contributed by atoms with Crippen LogP contribution in [0.25, 0.3) is 16.7 Å². The Kier molecular flexibility index (Phi) is 4.59. The average Bonchev–Trinajstić information content (AvgIpc) is 3.04. The molecule has 2 aromatic heterocycles. The Labute approximate surface area is 167 Å². The van der Waals surface area contributed by atoms with Gasteiger partial charge in [-0.1, -0.05) is 12.1 Å². The predicted octanol–water partition coefficient (Wildman–Crippen LogP) is 2.90. The van der Waals surface area contributed by atoms with Crippen molar-refractivity contribution in [1.82, 2.24) is 29.9 Å². The molecule has 2 N–H and O–H groups in total. The van der Waals surface area contributed by atoms with Gasteiger partial charge in [-0.25, -0.2) is 0 Å². The molecule has 0 saturated carbocycles. The lowest BCUT2D eigenvalue weighted by atomic mass is 10.2. The van der Waals surface area contributed by atoms with E-state index in [1.54, 1.807) is 24.3 Å². The minimum atomic E-state index is -4.45. The standard InChI is InChI=1S/C15H9Cl2N7O3S/c16-13-19-14(17)21-15(20-13)18-11-6-5-8(28(25,26)27)7-12(11)24-22-9-3-1-2-4-10(9)23-24/h1-7H,(H,25,26,27)(H,18,19,20,21). The molecule has 10 nitrogen and oxygen atoms in total. The van der Waals surface area contributed by atoms with Gasteiger partial charge in [0.05, 0.1) is 10.6 Å².